The van der Waals surface area contributed by atoms with E-state index in [4.69, 9.17) is 18.9 Å². The van der Waals surface area contributed by atoms with Crippen LogP contribution in [0.3, 0.4) is 0 Å². The third-order valence-corrected chi connectivity index (χ3v) is 5.98. The topological polar surface area (TPSA) is 88.1 Å². The Morgan fingerprint density at radius 1 is 0.933 bits per heavy atom. The van der Waals surface area contributed by atoms with Crippen molar-refractivity contribution in [3.63, 3.8) is 0 Å². The van der Waals surface area contributed by atoms with Gasteiger partial charge in [0.1, 0.15) is 30.9 Å². The van der Waals surface area contributed by atoms with E-state index in [0.29, 0.717) is 12.4 Å². The van der Waals surface area contributed by atoms with Crippen LogP contribution in [0.1, 0.15) is 74.7 Å². The van der Waals surface area contributed by atoms with Crippen LogP contribution < -0.4 is 0 Å². The van der Waals surface area contributed by atoms with Crippen molar-refractivity contribution in [2.75, 3.05) is 25.6 Å². The van der Waals surface area contributed by atoms with Gasteiger partial charge in [-0.15, -0.1) is 11.8 Å². The number of ether oxygens (including phenoxy) is 4. The van der Waals surface area contributed by atoms with E-state index >= 15 is 0 Å². The lowest BCUT2D eigenvalue weighted by Crippen LogP contribution is -2.35. The van der Waals surface area contributed by atoms with Gasteiger partial charge in [-0.25, -0.2) is 0 Å². The minimum absolute atomic E-state index is 0.0337. The number of rotatable bonds is 16. The molecule has 7 nitrogen and oxygen atoms in total. The fourth-order valence-electron chi connectivity index (χ4n) is 1.97. The van der Waals surface area contributed by atoms with Crippen molar-refractivity contribution in [2.24, 2.45) is 5.92 Å². The van der Waals surface area contributed by atoms with Crippen LogP contribution in [0.4, 0.5) is 0 Å². The van der Waals surface area contributed by atoms with Crippen molar-refractivity contribution >= 4 is 29.5 Å². The van der Waals surface area contributed by atoms with Crippen LogP contribution in [0, 0.1) is 5.92 Å². The summed E-state index contributed by atoms with van der Waals surface area (Å²) in [5, 5.41) is 0. The molecule has 0 rings (SSSR count). The van der Waals surface area contributed by atoms with Gasteiger partial charge in [0.15, 0.2) is 0 Å². The Hall–Kier alpha value is -1.12. The fourth-order valence-corrected chi connectivity index (χ4v) is 3.10. The van der Waals surface area contributed by atoms with E-state index < -0.39 is 5.97 Å². The molecule has 0 heterocycles. The summed E-state index contributed by atoms with van der Waals surface area (Å²) in [5.74, 6) is -1.08. The van der Waals surface area contributed by atoms with Gasteiger partial charge in [-0.3, -0.25) is 14.4 Å². The second-order valence-corrected chi connectivity index (χ2v) is 9.78. The van der Waals surface area contributed by atoms with Crippen LogP contribution in [0.25, 0.3) is 0 Å². The molecule has 0 aromatic rings. The van der Waals surface area contributed by atoms with E-state index in [0.717, 1.165) is 12.8 Å². The number of hydrogen-bond donors (Lipinski definition) is 0. The maximum Gasteiger partial charge on any atom is 0.313 e. The maximum absolute atomic E-state index is 12.2. The number of esters is 2. The highest BCUT2D eigenvalue weighted by atomic mass is 32.2. The molecule has 30 heavy (non-hydrogen) atoms. The smallest absolute Gasteiger partial charge is 0.313 e. The quantitative estimate of drug-likeness (QED) is 0.151. The third-order valence-electron chi connectivity index (χ3n) is 4.68. The van der Waals surface area contributed by atoms with Gasteiger partial charge >= 0.3 is 11.9 Å². The molecule has 0 saturated carbocycles. The zero-order valence-electron chi connectivity index (χ0n) is 19.9. The Bertz CT molecular complexity index is 546. The van der Waals surface area contributed by atoms with Crippen LogP contribution in [-0.2, 0) is 33.3 Å². The first-order chi connectivity index (χ1) is 13.8. The second-order valence-electron chi connectivity index (χ2n) is 8.59. The Labute approximate surface area is 185 Å². The average Bonchev–Trinajstić information content (AvgIpc) is 2.66. The van der Waals surface area contributed by atoms with Crippen molar-refractivity contribution in [3.8, 4) is 0 Å². The molecule has 0 spiro atoms. The highest BCUT2D eigenvalue weighted by Crippen LogP contribution is 2.27. The first-order valence-corrected chi connectivity index (χ1v) is 11.6. The number of carbonyl (C=O) groups excluding carboxylic acids is 3. The molecule has 2 unspecified atom stereocenters. The number of thioether (sulfide) groups is 1. The second kappa shape index (κ2) is 14.0. The molecule has 176 valence electrons. The molecule has 0 bridgehead atoms. The van der Waals surface area contributed by atoms with Crippen molar-refractivity contribution in [3.05, 3.63) is 0 Å². The highest BCUT2D eigenvalue weighted by molar-refractivity contribution is 7.99. The molecular weight excluding hydrogens is 408 g/mol. The van der Waals surface area contributed by atoms with Gasteiger partial charge in [0, 0.05) is 5.75 Å². The first kappa shape index (κ1) is 28.9. The highest BCUT2D eigenvalue weighted by Gasteiger charge is 2.27. The van der Waals surface area contributed by atoms with Gasteiger partial charge in [-0.1, -0.05) is 20.8 Å². The Kier molecular flexibility index (Phi) is 13.5. The maximum atomic E-state index is 12.2. The Morgan fingerprint density at radius 2 is 1.50 bits per heavy atom. The predicted octanol–water partition coefficient (Wildman–Crippen LogP) is 4.16. The first-order valence-electron chi connectivity index (χ1n) is 10.6. The van der Waals surface area contributed by atoms with Crippen LogP contribution in [0.5, 0.6) is 0 Å². The zero-order chi connectivity index (χ0) is 23.4. The molecule has 0 radical (unpaired) electrons. The fraction of sp³-hybridized carbons (Fsp3) is 0.864. The SMILES string of the molecule is CCC(C)(C)OCC(OC(C)(C)CC)SCC(C)C(=O)OCCOC(=O)CC(C)=O. The number of ketones is 1. The molecule has 0 saturated heterocycles. The molecule has 2 atom stereocenters. The van der Waals surface area contributed by atoms with Gasteiger partial charge < -0.3 is 18.9 Å². The van der Waals surface area contributed by atoms with Crippen LogP contribution >= 0.6 is 11.8 Å². The lowest BCUT2D eigenvalue weighted by atomic mass is 10.1. The summed E-state index contributed by atoms with van der Waals surface area (Å²) in [7, 11) is 0. The van der Waals surface area contributed by atoms with Crippen LogP contribution in [-0.4, -0.2) is 59.9 Å². The summed E-state index contributed by atoms with van der Waals surface area (Å²) in [6.45, 7) is 15.8. The van der Waals surface area contributed by atoms with Gasteiger partial charge in [0.05, 0.1) is 23.7 Å². The summed E-state index contributed by atoms with van der Waals surface area (Å²) in [4.78, 5) is 34.3. The summed E-state index contributed by atoms with van der Waals surface area (Å²) in [6, 6.07) is 0. The molecule has 0 amide bonds. The lowest BCUT2D eigenvalue weighted by Gasteiger charge is -2.32. The van der Waals surface area contributed by atoms with Gasteiger partial charge in [-0.2, -0.15) is 0 Å². The van der Waals surface area contributed by atoms with Crippen molar-refractivity contribution in [2.45, 2.75) is 91.3 Å². The Balaban J connectivity index is 4.49. The molecule has 0 aromatic heterocycles. The van der Waals surface area contributed by atoms with Crippen molar-refractivity contribution in [1.29, 1.82) is 0 Å². The van der Waals surface area contributed by atoms with E-state index in [-0.39, 0.29) is 53.9 Å². The van der Waals surface area contributed by atoms with Gasteiger partial charge in [0.2, 0.25) is 0 Å². The zero-order valence-corrected chi connectivity index (χ0v) is 20.7. The standard InChI is InChI=1S/C22H40O7S/c1-9-21(5,6)28-14-19(29-22(7,8)10-2)30-15-16(3)20(25)27-12-11-26-18(24)13-17(4)23/h16,19H,9-15H2,1-8H3. The minimum Gasteiger partial charge on any atom is -0.462 e. The minimum atomic E-state index is -0.615. The molecule has 0 N–H and O–H groups in total. The number of carbonyl (C=O) groups is 3. The molecule has 0 aliphatic rings. The lowest BCUT2D eigenvalue weighted by molar-refractivity contribution is -0.155. The summed E-state index contributed by atoms with van der Waals surface area (Å²) in [6.07, 6.45) is 1.48. The summed E-state index contributed by atoms with van der Waals surface area (Å²) in [5.41, 5.74) is -0.720. The number of Topliss-reactive ketones (excluding diaryl/α,β-unsaturated/α-hetero) is 1. The molecule has 0 aliphatic carbocycles. The van der Waals surface area contributed by atoms with Gasteiger partial charge in [0.25, 0.3) is 0 Å². The van der Waals surface area contributed by atoms with E-state index in [1.807, 2.05) is 27.7 Å². The molecule has 0 aromatic carbocycles. The number of hydrogen-bond acceptors (Lipinski definition) is 8. The van der Waals surface area contributed by atoms with E-state index in [9.17, 15) is 14.4 Å². The predicted molar refractivity (Wildman–Crippen MR) is 118 cm³/mol. The van der Waals surface area contributed by atoms with Gasteiger partial charge in [-0.05, 0) is 47.5 Å². The average molecular weight is 449 g/mol. The Morgan fingerprint density at radius 3 is 2.03 bits per heavy atom. The van der Waals surface area contributed by atoms with Crippen molar-refractivity contribution < 1.29 is 33.3 Å². The van der Waals surface area contributed by atoms with Crippen LogP contribution in [0.2, 0.25) is 0 Å². The normalized spacial score (nSPS) is 14.1. The van der Waals surface area contributed by atoms with Crippen molar-refractivity contribution in [1.82, 2.24) is 0 Å². The molecule has 0 fully saturated rings. The summed E-state index contributed by atoms with van der Waals surface area (Å²) >= 11 is 1.53. The van der Waals surface area contributed by atoms with Crippen LogP contribution in [0.15, 0.2) is 0 Å². The largest absolute Gasteiger partial charge is 0.462 e. The van der Waals surface area contributed by atoms with E-state index in [2.05, 4.69) is 13.8 Å². The third kappa shape index (κ3) is 14.0. The monoisotopic (exact) mass is 448 g/mol. The van der Waals surface area contributed by atoms with E-state index in [1.165, 1.54) is 18.7 Å². The molecular formula is C22H40O7S. The van der Waals surface area contributed by atoms with E-state index in [1.54, 1.807) is 6.92 Å². The molecule has 8 heteroatoms. The summed E-state index contributed by atoms with van der Waals surface area (Å²) < 4.78 is 22.2. The molecule has 0 aliphatic heterocycles.